The van der Waals surface area contributed by atoms with Crippen molar-refractivity contribution in [1.29, 1.82) is 0 Å². The number of amides is 1. The molecule has 0 fully saturated rings. The van der Waals surface area contributed by atoms with E-state index in [9.17, 15) is 4.79 Å². The molecule has 0 spiro atoms. The molecule has 1 amide bonds. The largest absolute Gasteiger partial charge is 0.444 e. The minimum absolute atomic E-state index is 0.245. The van der Waals surface area contributed by atoms with Gasteiger partial charge in [0.05, 0.1) is 0 Å². The molecule has 7 heteroatoms. The molecule has 0 unspecified atom stereocenters. The maximum atomic E-state index is 12.6. The van der Waals surface area contributed by atoms with Crippen LogP contribution in [-0.2, 0) is 24.4 Å². The second-order valence-corrected chi connectivity index (χ2v) is 8.62. The molecule has 1 aromatic carbocycles. The Bertz CT molecular complexity index is 933. The molecule has 0 aliphatic heterocycles. The standard InChI is InChI=1S/C22H24BrN3O2S/c1-3-26(22(27)28-15-17-7-5-4-6-8-17)21-11-18(9-10-24-21)13-25(2)14-20-12-19(23)16-29-20/h4-12,16H,3,13-15H2,1-2H3. The zero-order valence-corrected chi connectivity index (χ0v) is 18.9. The number of benzene rings is 1. The Labute approximate surface area is 184 Å². The lowest BCUT2D eigenvalue weighted by Crippen LogP contribution is -2.32. The summed E-state index contributed by atoms with van der Waals surface area (Å²) >= 11 is 5.23. The molecular formula is C22H24BrN3O2S. The first-order chi connectivity index (χ1) is 14.0. The molecule has 5 nitrogen and oxygen atoms in total. The van der Waals surface area contributed by atoms with Crippen LogP contribution in [0.5, 0.6) is 0 Å². The maximum Gasteiger partial charge on any atom is 0.415 e. The number of halogens is 1. The lowest BCUT2D eigenvalue weighted by Gasteiger charge is -2.21. The molecule has 3 rings (SSSR count). The highest BCUT2D eigenvalue weighted by Crippen LogP contribution is 2.22. The first-order valence-corrected chi connectivity index (χ1v) is 11.1. The third-order valence-electron chi connectivity index (χ3n) is 4.33. The van der Waals surface area contributed by atoms with Crippen LogP contribution < -0.4 is 4.90 Å². The normalized spacial score (nSPS) is 10.9. The van der Waals surface area contributed by atoms with Crippen LogP contribution in [0.2, 0.25) is 0 Å². The molecule has 0 saturated carbocycles. The van der Waals surface area contributed by atoms with E-state index in [4.69, 9.17) is 4.74 Å². The number of pyridine rings is 1. The van der Waals surface area contributed by atoms with Gasteiger partial charge < -0.3 is 4.74 Å². The highest BCUT2D eigenvalue weighted by Gasteiger charge is 2.17. The van der Waals surface area contributed by atoms with Gasteiger partial charge in [0.15, 0.2) is 0 Å². The molecule has 0 aliphatic carbocycles. The molecule has 2 heterocycles. The van der Waals surface area contributed by atoms with Gasteiger partial charge in [-0.15, -0.1) is 11.3 Å². The van der Waals surface area contributed by atoms with E-state index in [1.807, 2.05) is 49.4 Å². The molecule has 0 atom stereocenters. The zero-order valence-electron chi connectivity index (χ0n) is 16.5. The first-order valence-electron chi connectivity index (χ1n) is 9.39. The number of anilines is 1. The zero-order chi connectivity index (χ0) is 20.6. The smallest absolute Gasteiger partial charge is 0.415 e. The number of nitrogens with zero attached hydrogens (tertiary/aromatic N) is 3. The Morgan fingerprint density at radius 1 is 1.14 bits per heavy atom. The van der Waals surface area contributed by atoms with Crippen LogP contribution in [0.15, 0.2) is 64.6 Å². The highest BCUT2D eigenvalue weighted by atomic mass is 79.9. The van der Waals surface area contributed by atoms with Crippen molar-refractivity contribution < 1.29 is 9.53 Å². The topological polar surface area (TPSA) is 45.7 Å². The third kappa shape index (κ3) is 6.39. The molecule has 0 N–H and O–H groups in total. The van der Waals surface area contributed by atoms with E-state index in [0.717, 1.165) is 28.7 Å². The summed E-state index contributed by atoms with van der Waals surface area (Å²) in [7, 11) is 2.08. The number of ether oxygens (including phenoxy) is 1. The molecule has 29 heavy (non-hydrogen) atoms. The van der Waals surface area contributed by atoms with E-state index in [1.165, 1.54) is 4.88 Å². The summed E-state index contributed by atoms with van der Waals surface area (Å²) in [5.41, 5.74) is 2.06. The Kier molecular flexibility index (Phi) is 7.80. The Morgan fingerprint density at radius 3 is 2.62 bits per heavy atom. The predicted molar refractivity (Wildman–Crippen MR) is 121 cm³/mol. The summed E-state index contributed by atoms with van der Waals surface area (Å²) in [4.78, 5) is 22.1. The minimum atomic E-state index is -0.391. The summed E-state index contributed by atoms with van der Waals surface area (Å²) in [6.07, 6.45) is 1.35. The van der Waals surface area contributed by atoms with Crippen molar-refractivity contribution in [3.05, 3.63) is 80.6 Å². The molecule has 0 saturated heterocycles. The van der Waals surface area contributed by atoms with E-state index in [-0.39, 0.29) is 6.61 Å². The Hall–Kier alpha value is -2.22. The van der Waals surface area contributed by atoms with Crippen molar-refractivity contribution in [2.24, 2.45) is 0 Å². The number of thiophene rings is 1. The molecular weight excluding hydrogens is 450 g/mol. The number of hydrogen-bond acceptors (Lipinski definition) is 5. The second-order valence-electron chi connectivity index (χ2n) is 6.71. The van der Waals surface area contributed by atoms with Crippen LogP contribution in [0.1, 0.15) is 22.9 Å². The number of carbonyl (C=O) groups is 1. The Balaban J connectivity index is 1.62. The van der Waals surface area contributed by atoms with E-state index in [2.05, 4.69) is 44.3 Å². The third-order valence-corrected chi connectivity index (χ3v) is 6.01. The first kappa shape index (κ1) is 21.5. The predicted octanol–water partition coefficient (Wildman–Crippen LogP) is 5.70. The molecule has 0 bridgehead atoms. The van der Waals surface area contributed by atoms with Crippen LogP contribution in [0.25, 0.3) is 0 Å². The summed E-state index contributed by atoms with van der Waals surface area (Å²) in [5.74, 6) is 0.607. The van der Waals surface area contributed by atoms with Crippen LogP contribution >= 0.6 is 27.3 Å². The van der Waals surface area contributed by atoms with E-state index < -0.39 is 6.09 Å². The fourth-order valence-electron chi connectivity index (χ4n) is 2.96. The van der Waals surface area contributed by atoms with Crippen LogP contribution in [0.3, 0.4) is 0 Å². The number of hydrogen-bond donors (Lipinski definition) is 0. The van der Waals surface area contributed by atoms with E-state index in [0.29, 0.717) is 12.4 Å². The lowest BCUT2D eigenvalue weighted by atomic mass is 10.2. The fraction of sp³-hybridized carbons (Fsp3) is 0.273. The maximum absolute atomic E-state index is 12.6. The SMILES string of the molecule is CCN(C(=O)OCc1ccccc1)c1cc(CN(C)Cc2cc(Br)cs2)ccn1. The lowest BCUT2D eigenvalue weighted by molar-refractivity contribution is 0.147. The van der Waals surface area contributed by atoms with Crippen LogP contribution in [-0.4, -0.2) is 29.6 Å². The second kappa shape index (κ2) is 10.5. The Morgan fingerprint density at radius 2 is 1.93 bits per heavy atom. The van der Waals surface area contributed by atoms with Crippen molar-refractivity contribution in [3.63, 3.8) is 0 Å². The van der Waals surface area contributed by atoms with Gasteiger partial charge >= 0.3 is 6.09 Å². The van der Waals surface area contributed by atoms with Crippen molar-refractivity contribution in [3.8, 4) is 0 Å². The number of carbonyl (C=O) groups excluding carboxylic acids is 1. The van der Waals surface area contributed by atoms with Gasteiger partial charge in [-0.2, -0.15) is 0 Å². The minimum Gasteiger partial charge on any atom is -0.444 e. The quantitative estimate of drug-likeness (QED) is 0.420. The average molecular weight is 474 g/mol. The average Bonchev–Trinajstić information content (AvgIpc) is 3.12. The summed E-state index contributed by atoms with van der Waals surface area (Å²) < 4.78 is 6.59. The van der Waals surface area contributed by atoms with Gasteiger partial charge in [0.1, 0.15) is 12.4 Å². The molecule has 0 radical (unpaired) electrons. The summed E-state index contributed by atoms with van der Waals surface area (Å²) in [6.45, 7) is 4.28. The van der Waals surface area contributed by atoms with Gasteiger partial charge in [-0.3, -0.25) is 9.80 Å². The van der Waals surface area contributed by atoms with Crippen molar-refractivity contribution in [1.82, 2.24) is 9.88 Å². The summed E-state index contributed by atoms with van der Waals surface area (Å²) in [5, 5.41) is 2.09. The van der Waals surface area contributed by atoms with Crippen LogP contribution in [0, 0.1) is 0 Å². The van der Waals surface area contributed by atoms with E-state index in [1.54, 1.807) is 22.4 Å². The van der Waals surface area contributed by atoms with Crippen molar-refractivity contribution >= 4 is 39.2 Å². The van der Waals surface area contributed by atoms with E-state index >= 15 is 0 Å². The summed E-state index contributed by atoms with van der Waals surface area (Å²) in [6, 6.07) is 15.7. The monoisotopic (exact) mass is 473 g/mol. The van der Waals surface area contributed by atoms with Gasteiger partial charge in [0.2, 0.25) is 0 Å². The van der Waals surface area contributed by atoms with Crippen molar-refractivity contribution in [2.45, 2.75) is 26.6 Å². The highest BCUT2D eigenvalue weighted by molar-refractivity contribution is 9.10. The van der Waals surface area contributed by atoms with Gasteiger partial charge in [-0.1, -0.05) is 30.3 Å². The van der Waals surface area contributed by atoms with Gasteiger partial charge in [-0.05, 0) is 59.2 Å². The van der Waals surface area contributed by atoms with Gasteiger partial charge in [-0.25, -0.2) is 9.78 Å². The van der Waals surface area contributed by atoms with Gasteiger partial charge in [0.25, 0.3) is 0 Å². The number of aromatic nitrogens is 1. The molecule has 2 aromatic heterocycles. The number of rotatable bonds is 8. The molecule has 152 valence electrons. The van der Waals surface area contributed by atoms with Crippen LogP contribution in [0.4, 0.5) is 10.6 Å². The van der Waals surface area contributed by atoms with Gasteiger partial charge in [0, 0.05) is 40.6 Å². The molecule has 3 aromatic rings. The van der Waals surface area contributed by atoms with Crippen molar-refractivity contribution in [2.75, 3.05) is 18.5 Å². The fourth-order valence-corrected chi connectivity index (χ4v) is 4.49. The molecule has 0 aliphatic rings.